The number of amides is 2. The number of carbonyl (C=O) groups excluding carboxylic acids is 1. The topological polar surface area (TPSA) is 78.4 Å². The minimum atomic E-state index is -1.19. The Morgan fingerprint density at radius 1 is 1.13 bits per heavy atom. The van der Waals surface area contributed by atoms with E-state index in [0.717, 1.165) is 5.56 Å². The standard InChI is InChI=1S/C16H10Cl2N2O3/c17-9-1-2-12-13(15(21)20-14(12)7-9)5-8-3-10(18)6-11(4-8)19-16(22)23/h1-7,19H,(H,20,21)(H,22,23). The van der Waals surface area contributed by atoms with E-state index in [1.807, 2.05) is 0 Å². The summed E-state index contributed by atoms with van der Waals surface area (Å²) in [5.74, 6) is -0.255. The van der Waals surface area contributed by atoms with Gasteiger partial charge in [0.05, 0.1) is 5.69 Å². The number of anilines is 2. The second-order valence-electron chi connectivity index (χ2n) is 4.91. The van der Waals surface area contributed by atoms with Gasteiger partial charge in [0.15, 0.2) is 0 Å². The molecule has 116 valence electrons. The normalized spacial score (nSPS) is 14.5. The minimum Gasteiger partial charge on any atom is -0.465 e. The van der Waals surface area contributed by atoms with Crippen LogP contribution >= 0.6 is 23.2 Å². The van der Waals surface area contributed by atoms with E-state index in [4.69, 9.17) is 28.3 Å². The molecule has 0 bridgehead atoms. The molecule has 0 saturated carbocycles. The van der Waals surface area contributed by atoms with Crippen LogP contribution in [-0.2, 0) is 4.79 Å². The van der Waals surface area contributed by atoms with Gasteiger partial charge in [-0.25, -0.2) is 4.79 Å². The van der Waals surface area contributed by atoms with E-state index in [-0.39, 0.29) is 5.91 Å². The Kier molecular flexibility index (Phi) is 3.98. The number of hydrogen-bond donors (Lipinski definition) is 3. The molecule has 1 aliphatic rings. The molecule has 0 spiro atoms. The quantitative estimate of drug-likeness (QED) is 0.695. The summed E-state index contributed by atoms with van der Waals surface area (Å²) in [5.41, 5.74) is 2.76. The second-order valence-corrected chi connectivity index (χ2v) is 5.78. The first-order chi connectivity index (χ1) is 10.9. The lowest BCUT2D eigenvalue weighted by Gasteiger charge is -2.05. The van der Waals surface area contributed by atoms with Crippen LogP contribution in [0.2, 0.25) is 10.0 Å². The van der Waals surface area contributed by atoms with Crippen LogP contribution in [0, 0.1) is 0 Å². The van der Waals surface area contributed by atoms with Gasteiger partial charge in [-0.2, -0.15) is 0 Å². The molecule has 0 aromatic heterocycles. The zero-order valence-electron chi connectivity index (χ0n) is 11.6. The summed E-state index contributed by atoms with van der Waals surface area (Å²) in [6.07, 6.45) is 0.456. The number of halogens is 2. The maximum atomic E-state index is 12.1. The Balaban J connectivity index is 2.04. The molecule has 3 N–H and O–H groups in total. The summed E-state index contributed by atoms with van der Waals surface area (Å²) in [6.45, 7) is 0. The van der Waals surface area contributed by atoms with Crippen molar-refractivity contribution >= 4 is 58.2 Å². The molecular weight excluding hydrogens is 339 g/mol. The molecule has 5 nitrogen and oxygen atoms in total. The molecule has 0 saturated heterocycles. The van der Waals surface area contributed by atoms with Crippen LogP contribution in [-0.4, -0.2) is 17.1 Å². The van der Waals surface area contributed by atoms with Gasteiger partial charge in [0, 0.05) is 26.9 Å². The van der Waals surface area contributed by atoms with E-state index in [1.165, 1.54) is 6.07 Å². The van der Waals surface area contributed by atoms with Crippen molar-refractivity contribution in [1.82, 2.24) is 0 Å². The molecule has 0 unspecified atom stereocenters. The molecule has 23 heavy (non-hydrogen) atoms. The average molecular weight is 349 g/mol. The van der Waals surface area contributed by atoms with E-state index < -0.39 is 6.09 Å². The number of carboxylic acid groups (broad SMARTS) is 1. The van der Waals surface area contributed by atoms with Crippen molar-refractivity contribution in [3.63, 3.8) is 0 Å². The van der Waals surface area contributed by atoms with Gasteiger partial charge < -0.3 is 10.4 Å². The summed E-state index contributed by atoms with van der Waals surface area (Å²) in [6, 6.07) is 9.84. The van der Waals surface area contributed by atoms with Gasteiger partial charge in [0.25, 0.3) is 5.91 Å². The number of fused-ring (bicyclic) bond motifs is 1. The van der Waals surface area contributed by atoms with E-state index >= 15 is 0 Å². The molecular formula is C16H10Cl2N2O3. The molecule has 2 aromatic carbocycles. The Labute approximate surface area is 141 Å². The third-order valence-electron chi connectivity index (χ3n) is 3.25. The first-order valence-corrected chi connectivity index (χ1v) is 7.31. The lowest BCUT2D eigenvalue weighted by Crippen LogP contribution is -2.07. The fraction of sp³-hybridized carbons (Fsp3) is 0. The van der Waals surface area contributed by atoms with E-state index in [0.29, 0.717) is 32.6 Å². The fourth-order valence-corrected chi connectivity index (χ4v) is 2.78. The van der Waals surface area contributed by atoms with Crippen LogP contribution in [0.15, 0.2) is 36.4 Å². The highest BCUT2D eigenvalue weighted by molar-refractivity contribution is 6.37. The van der Waals surface area contributed by atoms with Crippen molar-refractivity contribution < 1.29 is 14.7 Å². The second kappa shape index (κ2) is 5.95. The van der Waals surface area contributed by atoms with Crippen LogP contribution in [0.25, 0.3) is 11.6 Å². The third kappa shape index (κ3) is 3.31. The minimum absolute atomic E-state index is 0.255. The fourth-order valence-electron chi connectivity index (χ4n) is 2.37. The molecule has 2 amide bonds. The lowest BCUT2D eigenvalue weighted by atomic mass is 10.0. The van der Waals surface area contributed by atoms with E-state index in [9.17, 15) is 9.59 Å². The van der Waals surface area contributed by atoms with Gasteiger partial charge in [0.2, 0.25) is 0 Å². The van der Waals surface area contributed by atoms with Gasteiger partial charge in [-0.05, 0) is 42.0 Å². The largest absolute Gasteiger partial charge is 0.465 e. The molecule has 0 radical (unpaired) electrons. The van der Waals surface area contributed by atoms with Crippen molar-refractivity contribution in [3.05, 3.63) is 57.6 Å². The summed E-state index contributed by atoms with van der Waals surface area (Å²) < 4.78 is 0. The highest BCUT2D eigenvalue weighted by Crippen LogP contribution is 2.35. The SMILES string of the molecule is O=C(O)Nc1cc(Cl)cc(C=C2C(=O)Nc3cc(Cl)ccc32)c1. The molecule has 0 fully saturated rings. The number of carbonyl (C=O) groups is 2. The Bertz CT molecular complexity index is 862. The Hall–Kier alpha value is -2.50. The van der Waals surface area contributed by atoms with Crippen molar-refractivity contribution in [3.8, 4) is 0 Å². The van der Waals surface area contributed by atoms with Crippen LogP contribution in [0.1, 0.15) is 11.1 Å². The zero-order valence-corrected chi connectivity index (χ0v) is 13.1. The van der Waals surface area contributed by atoms with Crippen LogP contribution in [0.3, 0.4) is 0 Å². The van der Waals surface area contributed by atoms with Crippen LogP contribution < -0.4 is 10.6 Å². The molecule has 1 heterocycles. The smallest absolute Gasteiger partial charge is 0.409 e. The third-order valence-corrected chi connectivity index (χ3v) is 3.70. The lowest BCUT2D eigenvalue weighted by molar-refractivity contribution is -0.110. The number of nitrogens with one attached hydrogen (secondary N) is 2. The molecule has 2 aromatic rings. The monoisotopic (exact) mass is 348 g/mol. The molecule has 3 rings (SSSR count). The predicted molar refractivity (Wildman–Crippen MR) is 91.1 cm³/mol. The maximum Gasteiger partial charge on any atom is 0.409 e. The molecule has 0 aliphatic carbocycles. The van der Waals surface area contributed by atoms with E-state index in [1.54, 1.807) is 36.4 Å². The van der Waals surface area contributed by atoms with Gasteiger partial charge in [-0.15, -0.1) is 0 Å². The first kappa shape index (κ1) is 15.4. The number of rotatable bonds is 2. The molecule has 7 heteroatoms. The van der Waals surface area contributed by atoms with Crippen molar-refractivity contribution in [1.29, 1.82) is 0 Å². The van der Waals surface area contributed by atoms with Gasteiger partial charge in [-0.3, -0.25) is 10.1 Å². The zero-order chi connectivity index (χ0) is 16.6. The summed E-state index contributed by atoms with van der Waals surface area (Å²) in [7, 11) is 0. The summed E-state index contributed by atoms with van der Waals surface area (Å²) in [4.78, 5) is 22.9. The number of benzene rings is 2. The Morgan fingerprint density at radius 2 is 1.91 bits per heavy atom. The first-order valence-electron chi connectivity index (χ1n) is 6.56. The van der Waals surface area contributed by atoms with Gasteiger partial charge >= 0.3 is 6.09 Å². The Morgan fingerprint density at radius 3 is 2.65 bits per heavy atom. The number of hydrogen-bond acceptors (Lipinski definition) is 2. The maximum absolute atomic E-state index is 12.1. The molecule has 1 aliphatic heterocycles. The predicted octanol–water partition coefficient (Wildman–Crippen LogP) is 4.58. The summed E-state index contributed by atoms with van der Waals surface area (Å²) in [5, 5.41) is 14.6. The van der Waals surface area contributed by atoms with Crippen molar-refractivity contribution in [2.75, 3.05) is 10.6 Å². The highest BCUT2D eigenvalue weighted by atomic mass is 35.5. The van der Waals surface area contributed by atoms with Crippen molar-refractivity contribution in [2.45, 2.75) is 0 Å². The highest BCUT2D eigenvalue weighted by Gasteiger charge is 2.24. The molecule has 0 atom stereocenters. The van der Waals surface area contributed by atoms with Crippen molar-refractivity contribution in [2.24, 2.45) is 0 Å². The van der Waals surface area contributed by atoms with E-state index in [2.05, 4.69) is 10.6 Å². The van der Waals surface area contributed by atoms with Crippen LogP contribution in [0.5, 0.6) is 0 Å². The van der Waals surface area contributed by atoms with Gasteiger partial charge in [0.1, 0.15) is 0 Å². The average Bonchev–Trinajstić information content (AvgIpc) is 2.72. The summed E-state index contributed by atoms with van der Waals surface area (Å²) >= 11 is 11.9. The van der Waals surface area contributed by atoms with Crippen LogP contribution in [0.4, 0.5) is 16.2 Å². The van der Waals surface area contributed by atoms with Gasteiger partial charge in [-0.1, -0.05) is 29.3 Å².